The van der Waals surface area contributed by atoms with Crippen molar-refractivity contribution in [2.24, 2.45) is 0 Å². The summed E-state index contributed by atoms with van der Waals surface area (Å²) in [5.41, 5.74) is 1.48. The van der Waals surface area contributed by atoms with Crippen LogP contribution in [0.3, 0.4) is 0 Å². The van der Waals surface area contributed by atoms with Gasteiger partial charge in [-0.25, -0.2) is 4.39 Å². The van der Waals surface area contributed by atoms with Gasteiger partial charge >= 0.3 is 0 Å². The Morgan fingerprint density at radius 3 is 2.50 bits per heavy atom. The van der Waals surface area contributed by atoms with E-state index < -0.39 is 6.10 Å². The third-order valence-corrected chi connectivity index (χ3v) is 2.43. The lowest BCUT2D eigenvalue weighted by Gasteiger charge is -2.13. The van der Waals surface area contributed by atoms with Gasteiger partial charge in [-0.15, -0.1) is 0 Å². The minimum absolute atomic E-state index is 0.316. The molecule has 0 spiro atoms. The lowest BCUT2D eigenvalue weighted by molar-refractivity contribution is 0.169. The Morgan fingerprint density at radius 2 is 2.00 bits per heavy atom. The predicted octanol–water partition coefficient (Wildman–Crippen LogP) is 3.39. The van der Waals surface area contributed by atoms with E-state index in [0.717, 1.165) is 5.56 Å². The van der Waals surface area contributed by atoms with Crippen molar-refractivity contribution in [1.82, 2.24) is 0 Å². The quantitative estimate of drug-likeness (QED) is 0.785. The second-order valence-corrected chi connectivity index (χ2v) is 3.86. The molecular weight excluding hydrogens is 179 g/mol. The van der Waals surface area contributed by atoms with Gasteiger partial charge in [-0.2, -0.15) is 0 Å². The Hall–Kier alpha value is -0.890. The van der Waals surface area contributed by atoms with Crippen LogP contribution in [0.1, 0.15) is 50.3 Å². The van der Waals surface area contributed by atoms with Gasteiger partial charge in [0.1, 0.15) is 5.82 Å². The van der Waals surface area contributed by atoms with Crippen LogP contribution in [0.2, 0.25) is 0 Å². The molecule has 0 fully saturated rings. The molecule has 1 nitrogen and oxygen atoms in total. The molecule has 0 aliphatic heterocycles. The first kappa shape index (κ1) is 11.2. The van der Waals surface area contributed by atoms with Crippen LogP contribution < -0.4 is 0 Å². The summed E-state index contributed by atoms with van der Waals surface area (Å²) in [4.78, 5) is 0. The lowest BCUT2D eigenvalue weighted by atomic mass is 9.97. The molecule has 1 aromatic carbocycles. The Labute approximate surface area is 84.6 Å². The SMILES string of the molecule is CCC(O)c1cc(C(C)C)ccc1F. The maximum atomic E-state index is 13.3. The molecule has 1 atom stereocenters. The van der Waals surface area contributed by atoms with Crippen LogP contribution >= 0.6 is 0 Å². The number of hydrogen-bond acceptors (Lipinski definition) is 1. The third-order valence-electron chi connectivity index (χ3n) is 2.43. The van der Waals surface area contributed by atoms with E-state index in [0.29, 0.717) is 17.9 Å². The summed E-state index contributed by atoms with van der Waals surface area (Å²) < 4.78 is 13.3. The van der Waals surface area contributed by atoms with Crippen LogP contribution in [0.15, 0.2) is 18.2 Å². The van der Waals surface area contributed by atoms with Crippen molar-refractivity contribution in [2.45, 2.75) is 39.2 Å². The van der Waals surface area contributed by atoms with Crippen molar-refractivity contribution in [2.75, 3.05) is 0 Å². The summed E-state index contributed by atoms with van der Waals surface area (Å²) in [6.45, 7) is 5.94. The average Bonchev–Trinajstić information content (AvgIpc) is 2.17. The number of aliphatic hydroxyl groups excluding tert-OH is 1. The van der Waals surface area contributed by atoms with E-state index in [1.54, 1.807) is 12.1 Å². The molecule has 0 aliphatic rings. The zero-order chi connectivity index (χ0) is 10.7. The molecule has 0 aromatic heterocycles. The van der Waals surface area contributed by atoms with Crippen LogP contribution in [0, 0.1) is 5.82 Å². The van der Waals surface area contributed by atoms with Crippen LogP contribution in [0.5, 0.6) is 0 Å². The smallest absolute Gasteiger partial charge is 0.129 e. The van der Waals surface area contributed by atoms with Gasteiger partial charge in [0, 0.05) is 5.56 Å². The van der Waals surface area contributed by atoms with E-state index in [4.69, 9.17) is 0 Å². The molecule has 0 saturated heterocycles. The average molecular weight is 196 g/mol. The molecule has 0 bridgehead atoms. The van der Waals surface area contributed by atoms with Crippen molar-refractivity contribution in [3.05, 3.63) is 35.1 Å². The molecule has 1 unspecified atom stereocenters. The van der Waals surface area contributed by atoms with E-state index in [-0.39, 0.29) is 5.82 Å². The number of aliphatic hydroxyl groups is 1. The highest BCUT2D eigenvalue weighted by Crippen LogP contribution is 2.24. The highest BCUT2D eigenvalue weighted by Gasteiger charge is 2.12. The minimum Gasteiger partial charge on any atom is -0.388 e. The number of hydrogen-bond donors (Lipinski definition) is 1. The summed E-state index contributed by atoms with van der Waals surface area (Å²) in [6.07, 6.45) is -0.146. The van der Waals surface area contributed by atoms with Gasteiger partial charge in [0.2, 0.25) is 0 Å². The predicted molar refractivity (Wildman–Crippen MR) is 55.7 cm³/mol. The first-order chi connectivity index (χ1) is 6.56. The molecule has 1 aromatic rings. The molecule has 14 heavy (non-hydrogen) atoms. The fraction of sp³-hybridized carbons (Fsp3) is 0.500. The largest absolute Gasteiger partial charge is 0.388 e. The van der Waals surface area contributed by atoms with E-state index in [9.17, 15) is 9.50 Å². The van der Waals surface area contributed by atoms with Gasteiger partial charge in [-0.1, -0.05) is 32.9 Å². The summed E-state index contributed by atoms with van der Waals surface area (Å²) in [5, 5.41) is 9.58. The lowest BCUT2D eigenvalue weighted by Crippen LogP contribution is -2.01. The number of halogens is 1. The van der Waals surface area contributed by atoms with E-state index >= 15 is 0 Å². The second-order valence-electron chi connectivity index (χ2n) is 3.86. The number of benzene rings is 1. The standard InChI is InChI=1S/C12H17FO/c1-4-12(14)10-7-9(8(2)3)5-6-11(10)13/h5-8,12,14H,4H2,1-3H3. The maximum absolute atomic E-state index is 13.3. The summed E-state index contributed by atoms with van der Waals surface area (Å²) in [6, 6.07) is 4.96. The third kappa shape index (κ3) is 2.32. The summed E-state index contributed by atoms with van der Waals surface area (Å²) in [7, 11) is 0. The zero-order valence-corrected chi connectivity index (χ0v) is 8.92. The van der Waals surface area contributed by atoms with Crippen molar-refractivity contribution >= 4 is 0 Å². The van der Waals surface area contributed by atoms with E-state index in [2.05, 4.69) is 13.8 Å². The molecule has 2 heteroatoms. The fourth-order valence-corrected chi connectivity index (χ4v) is 1.40. The normalized spacial score (nSPS) is 13.3. The Bertz CT molecular complexity index is 307. The van der Waals surface area contributed by atoms with Gasteiger partial charge in [0.25, 0.3) is 0 Å². The van der Waals surface area contributed by atoms with Crippen LogP contribution in [-0.2, 0) is 0 Å². The Morgan fingerprint density at radius 1 is 1.36 bits per heavy atom. The molecule has 0 aliphatic carbocycles. The van der Waals surface area contributed by atoms with Crippen LogP contribution in [0.25, 0.3) is 0 Å². The highest BCUT2D eigenvalue weighted by atomic mass is 19.1. The van der Waals surface area contributed by atoms with Gasteiger partial charge < -0.3 is 5.11 Å². The highest BCUT2D eigenvalue weighted by molar-refractivity contribution is 5.28. The molecule has 0 heterocycles. The fourth-order valence-electron chi connectivity index (χ4n) is 1.40. The number of rotatable bonds is 3. The summed E-state index contributed by atoms with van der Waals surface area (Å²) >= 11 is 0. The van der Waals surface area contributed by atoms with Crippen molar-refractivity contribution in [1.29, 1.82) is 0 Å². The second kappa shape index (κ2) is 4.56. The molecule has 1 N–H and O–H groups in total. The molecule has 0 amide bonds. The van der Waals surface area contributed by atoms with E-state index in [1.807, 2.05) is 6.92 Å². The zero-order valence-electron chi connectivity index (χ0n) is 8.92. The Kier molecular flexibility index (Phi) is 3.64. The maximum Gasteiger partial charge on any atom is 0.129 e. The van der Waals surface area contributed by atoms with Crippen LogP contribution in [0.4, 0.5) is 4.39 Å². The van der Waals surface area contributed by atoms with Gasteiger partial charge in [0.05, 0.1) is 6.10 Å². The summed E-state index contributed by atoms with van der Waals surface area (Å²) in [5.74, 6) is 0.0437. The molecule has 0 radical (unpaired) electrons. The van der Waals surface area contributed by atoms with Gasteiger partial charge in [-0.05, 0) is 24.0 Å². The van der Waals surface area contributed by atoms with Crippen molar-refractivity contribution in [3.63, 3.8) is 0 Å². The van der Waals surface area contributed by atoms with Crippen molar-refractivity contribution < 1.29 is 9.50 Å². The Balaban J connectivity index is 3.08. The minimum atomic E-state index is -0.686. The molecular formula is C12H17FO. The molecule has 1 rings (SSSR count). The first-order valence-corrected chi connectivity index (χ1v) is 5.03. The molecule has 0 saturated carbocycles. The van der Waals surface area contributed by atoms with Crippen LogP contribution in [-0.4, -0.2) is 5.11 Å². The van der Waals surface area contributed by atoms with E-state index in [1.165, 1.54) is 6.07 Å². The molecule has 78 valence electrons. The first-order valence-electron chi connectivity index (χ1n) is 5.03. The monoisotopic (exact) mass is 196 g/mol. The van der Waals surface area contributed by atoms with Gasteiger partial charge in [-0.3, -0.25) is 0 Å². The van der Waals surface area contributed by atoms with Crippen molar-refractivity contribution in [3.8, 4) is 0 Å². The topological polar surface area (TPSA) is 20.2 Å². The van der Waals surface area contributed by atoms with Gasteiger partial charge in [0.15, 0.2) is 0 Å².